The van der Waals surface area contributed by atoms with Gasteiger partial charge in [0.15, 0.2) is 0 Å². The number of carbonyl (C=O) groups is 1. The monoisotopic (exact) mass is 314 g/mol. The maximum absolute atomic E-state index is 13.9. The van der Waals surface area contributed by atoms with Crippen LogP contribution in [0.25, 0.3) is 0 Å². The van der Waals surface area contributed by atoms with Gasteiger partial charge in [0.25, 0.3) is 0 Å². The zero-order valence-electron chi connectivity index (χ0n) is 12.4. The molecule has 1 aromatic carbocycles. The molecule has 1 amide bonds. The molecule has 1 unspecified atom stereocenters. The van der Waals surface area contributed by atoms with Crippen LogP contribution in [0.4, 0.5) is 9.18 Å². The van der Waals surface area contributed by atoms with Crippen molar-refractivity contribution in [2.24, 2.45) is 4.40 Å². The molecule has 5 nitrogen and oxygen atoms in total. The fourth-order valence-electron chi connectivity index (χ4n) is 1.51. The lowest BCUT2D eigenvalue weighted by Gasteiger charge is -2.19. The molecule has 0 aliphatic rings. The van der Waals surface area contributed by atoms with E-state index in [1.807, 2.05) is 0 Å². The van der Waals surface area contributed by atoms with Crippen LogP contribution < -0.4 is 5.32 Å². The van der Waals surface area contributed by atoms with Gasteiger partial charge in [-0.15, -0.1) is 0 Å². The molecule has 0 heterocycles. The van der Waals surface area contributed by atoms with E-state index < -0.39 is 33.7 Å². The topological polar surface area (TPSA) is 78.8 Å². The number of carboxylic acid groups (broad SMARTS) is 1. The van der Waals surface area contributed by atoms with E-state index in [1.54, 1.807) is 26.8 Å². The third kappa shape index (κ3) is 4.93. The molecule has 0 aliphatic heterocycles. The summed E-state index contributed by atoms with van der Waals surface area (Å²) in [5.74, 6) is -0.541. The van der Waals surface area contributed by atoms with Gasteiger partial charge in [0, 0.05) is 5.56 Å². The normalized spacial score (nSPS) is 15.4. The Kier molecular flexibility index (Phi) is 5.60. The first-order chi connectivity index (χ1) is 9.62. The standard InChI is InChI=1S/C14H19FN2O3S/c1-9(16-13(18)19)12(17-21(20)14(2,3)4)10-7-5-6-8-11(10)15/h5-9,16H,1-4H3,(H,18,19)/t9-,21?/m0/s1. The minimum absolute atomic E-state index is 0.115. The SMILES string of the molecule is C[C@H](NC(=O)O)C(=NS(=O)C(C)(C)C)c1ccccc1F. The molecule has 116 valence electrons. The van der Waals surface area contributed by atoms with Crippen LogP contribution in [0.1, 0.15) is 33.3 Å². The lowest BCUT2D eigenvalue weighted by Crippen LogP contribution is -2.39. The number of hydrogen-bond donors (Lipinski definition) is 2. The predicted octanol–water partition coefficient (Wildman–Crippen LogP) is 2.73. The molecular weight excluding hydrogens is 295 g/mol. The Morgan fingerprint density at radius 3 is 2.43 bits per heavy atom. The minimum atomic E-state index is -1.62. The summed E-state index contributed by atoms with van der Waals surface area (Å²) in [7, 11) is -1.62. The number of rotatable bonds is 4. The van der Waals surface area contributed by atoms with Gasteiger partial charge in [-0.3, -0.25) is 0 Å². The zero-order chi connectivity index (χ0) is 16.2. The summed E-state index contributed by atoms with van der Waals surface area (Å²) in [6.07, 6.45) is -1.26. The van der Waals surface area contributed by atoms with Crippen LogP contribution in [0.3, 0.4) is 0 Å². The van der Waals surface area contributed by atoms with E-state index in [0.29, 0.717) is 0 Å². The van der Waals surface area contributed by atoms with Gasteiger partial charge in [-0.1, -0.05) is 18.2 Å². The second-order valence-corrected chi connectivity index (χ2v) is 7.39. The average Bonchev–Trinajstić information content (AvgIpc) is 2.34. The van der Waals surface area contributed by atoms with Gasteiger partial charge in [0.05, 0.1) is 16.5 Å². The number of nitrogens with zero attached hydrogens (tertiary/aromatic N) is 1. The number of hydrogen-bond acceptors (Lipinski definition) is 2. The van der Waals surface area contributed by atoms with E-state index in [9.17, 15) is 13.4 Å². The molecule has 0 bridgehead atoms. The van der Waals surface area contributed by atoms with Crippen LogP contribution in [0.2, 0.25) is 0 Å². The molecule has 2 N–H and O–H groups in total. The molecule has 0 aromatic heterocycles. The quantitative estimate of drug-likeness (QED) is 0.839. The molecule has 21 heavy (non-hydrogen) atoms. The van der Waals surface area contributed by atoms with E-state index in [0.717, 1.165) is 0 Å². The molecule has 1 rings (SSSR count). The molecule has 1 aromatic rings. The van der Waals surface area contributed by atoms with Crippen molar-refractivity contribution in [3.63, 3.8) is 0 Å². The van der Waals surface area contributed by atoms with Gasteiger partial charge >= 0.3 is 6.09 Å². The lowest BCUT2D eigenvalue weighted by molar-refractivity contribution is 0.193. The average molecular weight is 314 g/mol. The fourth-order valence-corrected chi connectivity index (χ4v) is 2.22. The van der Waals surface area contributed by atoms with Crippen LogP contribution in [0, 0.1) is 5.82 Å². The van der Waals surface area contributed by atoms with Crippen molar-refractivity contribution < 1.29 is 18.5 Å². The molecule has 0 saturated carbocycles. The maximum atomic E-state index is 13.9. The van der Waals surface area contributed by atoms with E-state index in [2.05, 4.69) is 9.71 Å². The second-order valence-electron chi connectivity index (χ2n) is 5.49. The van der Waals surface area contributed by atoms with Gasteiger partial charge in [-0.05, 0) is 33.8 Å². The summed E-state index contributed by atoms with van der Waals surface area (Å²) in [6, 6.07) is 5.08. The largest absolute Gasteiger partial charge is 0.465 e. The van der Waals surface area contributed by atoms with Gasteiger partial charge in [0.1, 0.15) is 16.8 Å². The van der Waals surface area contributed by atoms with Crippen LogP contribution in [-0.4, -0.2) is 31.9 Å². The summed E-state index contributed by atoms with van der Waals surface area (Å²) in [5.41, 5.74) is 0.250. The maximum Gasteiger partial charge on any atom is 0.405 e. The highest BCUT2D eigenvalue weighted by molar-refractivity contribution is 7.85. The molecular formula is C14H19FN2O3S. The Hall–Kier alpha value is -1.76. The third-order valence-electron chi connectivity index (χ3n) is 2.61. The summed E-state index contributed by atoms with van der Waals surface area (Å²) in [5, 5.41) is 11.0. The molecule has 2 atom stereocenters. The van der Waals surface area contributed by atoms with Gasteiger partial charge in [-0.25, -0.2) is 13.4 Å². The third-order valence-corrected chi connectivity index (χ3v) is 4.02. The summed E-state index contributed by atoms with van der Waals surface area (Å²) >= 11 is 0. The second kappa shape index (κ2) is 6.80. The molecule has 0 aliphatic carbocycles. The van der Waals surface area contributed by atoms with Crippen molar-refractivity contribution in [3.05, 3.63) is 35.6 Å². The zero-order valence-corrected chi connectivity index (χ0v) is 13.2. The number of benzene rings is 1. The molecule has 0 saturated heterocycles. The Balaban J connectivity index is 3.31. The first-order valence-corrected chi connectivity index (χ1v) is 7.48. The number of nitrogens with one attached hydrogen (secondary N) is 1. The minimum Gasteiger partial charge on any atom is -0.465 e. The Morgan fingerprint density at radius 1 is 1.38 bits per heavy atom. The van der Waals surface area contributed by atoms with Crippen LogP contribution in [-0.2, 0) is 11.0 Å². The summed E-state index contributed by atoms with van der Waals surface area (Å²) in [4.78, 5) is 10.8. The highest BCUT2D eigenvalue weighted by atomic mass is 32.2. The highest BCUT2D eigenvalue weighted by Gasteiger charge is 2.24. The molecule has 7 heteroatoms. The fraction of sp³-hybridized carbons (Fsp3) is 0.429. The molecule has 0 radical (unpaired) electrons. The van der Waals surface area contributed by atoms with Crippen molar-refractivity contribution in [1.82, 2.24) is 5.32 Å². The van der Waals surface area contributed by atoms with E-state index in [-0.39, 0.29) is 11.3 Å². The Labute approximate surface area is 125 Å². The Bertz CT molecular complexity index is 582. The first kappa shape index (κ1) is 17.3. The van der Waals surface area contributed by atoms with Gasteiger partial charge in [0.2, 0.25) is 0 Å². The summed E-state index contributed by atoms with van der Waals surface area (Å²) in [6.45, 7) is 6.74. The van der Waals surface area contributed by atoms with Crippen molar-refractivity contribution >= 4 is 22.8 Å². The smallest absolute Gasteiger partial charge is 0.405 e. The van der Waals surface area contributed by atoms with Crippen molar-refractivity contribution in [2.75, 3.05) is 0 Å². The highest BCUT2D eigenvalue weighted by Crippen LogP contribution is 2.17. The number of halogens is 1. The van der Waals surface area contributed by atoms with Crippen LogP contribution in [0.5, 0.6) is 0 Å². The van der Waals surface area contributed by atoms with Gasteiger partial charge in [-0.2, -0.15) is 4.40 Å². The van der Waals surface area contributed by atoms with Crippen LogP contribution >= 0.6 is 0 Å². The van der Waals surface area contributed by atoms with E-state index >= 15 is 0 Å². The molecule has 0 spiro atoms. The lowest BCUT2D eigenvalue weighted by atomic mass is 10.0. The van der Waals surface area contributed by atoms with Crippen molar-refractivity contribution in [2.45, 2.75) is 38.5 Å². The van der Waals surface area contributed by atoms with E-state index in [4.69, 9.17) is 5.11 Å². The van der Waals surface area contributed by atoms with Crippen LogP contribution in [0.15, 0.2) is 28.7 Å². The first-order valence-electron chi connectivity index (χ1n) is 6.38. The predicted molar refractivity (Wildman–Crippen MR) is 81.5 cm³/mol. The van der Waals surface area contributed by atoms with Crippen molar-refractivity contribution in [1.29, 1.82) is 0 Å². The summed E-state index contributed by atoms with van der Waals surface area (Å²) < 4.78 is 29.5. The number of amides is 1. The molecule has 0 fully saturated rings. The Morgan fingerprint density at radius 2 is 1.95 bits per heavy atom. The van der Waals surface area contributed by atoms with Gasteiger partial charge < -0.3 is 10.4 Å². The van der Waals surface area contributed by atoms with Crippen molar-refractivity contribution in [3.8, 4) is 0 Å². The van der Waals surface area contributed by atoms with E-state index in [1.165, 1.54) is 25.1 Å².